The van der Waals surface area contributed by atoms with E-state index in [4.69, 9.17) is 5.11 Å². The van der Waals surface area contributed by atoms with Crippen molar-refractivity contribution in [1.82, 2.24) is 4.31 Å². The van der Waals surface area contributed by atoms with E-state index in [2.05, 4.69) is 0 Å². The molecule has 1 fully saturated rings. The maximum atomic E-state index is 11.4. The number of sulfonamides is 1. The van der Waals surface area contributed by atoms with Crippen molar-refractivity contribution in [1.29, 1.82) is 0 Å². The molecule has 0 unspecified atom stereocenters. The monoisotopic (exact) mass is 207 g/mol. The van der Waals surface area contributed by atoms with Crippen LogP contribution >= 0.6 is 0 Å². The Morgan fingerprint density at radius 2 is 2.08 bits per heavy atom. The highest BCUT2D eigenvalue weighted by Gasteiger charge is 2.30. The quantitative estimate of drug-likeness (QED) is 0.674. The second kappa shape index (κ2) is 3.63. The first-order valence-electron chi connectivity index (χ1n) is 4.07. The molecule has 0 spiro atoms. The molecule has 0 saturated heterocycles. The van der Waals surface area contributed by atoms with Gasteiger partial charge in [-0.1, -0.05) is 0 Å². The van der Waals surface area contributed by atoms with Gasteiger partial charge in [-0.2, -0.15) is 4.31 Å². The Bertz CT molecular complexity index is 294. The van der Waals surface area contributed by atoms with E-state index in [1.165, 1.54) is 7.05 Å². The van der Waals surface area contributed by atoms with Crippen LogP contribution in [0, 0.1) is 5.92 Å². The zero-order valence-electron chi connectivity index (χ0n) is 7.43. The van der Waals surface area contributed by atoms with Gasteiger partial charge in [-0.05, 0) is 18.8 Å². The van der Waals surface area contributed by atoms with E-state index >= 15 is 0 Å². The van der Waals surface area contributed by atoms with Gasteiger partial charge in [0.25, 0.3) is 0 Å². The van der Waals surface area contributed by atoms with Gasteiger partial charge in [-0.3, -0.25) is 4.79 Å². The van der Waals surface area contributed by atoms with Crippen LogP contribution in [0.5, 0.6) is 0 Å². The lowest BCUT2D eigenvalue weighted by molar-refractivity contribution is -0.137. The molecule has 5 nitrogen and oxygen atoms in total. The van der Waals surface area contributed by atoms with Gasteiger partial charge in [0.15, 0.2) is 0 Å². The van der Waals surface area contributed by atoms with Crippen molar-refractivity contribution in [3.63, 3.8) is 0 Å². The minimum atomic E-state index is -3.34. The van der Waals surface area contributed by atoms with Crippen LogP contribution in [0.4, 0.5) is 0 Å². The molecule has 0 atom stereocenters. The number of carbonyl (C=O) groups is 1. The van der Waals surface area contributed by atoms with Crippen LogP contribution in [0.3, 0.4) is 0 Å². The van der Waals surface area contributed by atoms with E-state index in [9.17, 15) is 13.2 Å². The third-order valence-corrected chi connectivity index (χ3v) is 3.95. The van der Waals surface area contributed by atoms with E-state index in [1.807, 2.05) is 0 Å². The molecule has 1 rings (SSSR count). The third-order valence-electron chi connectivity index (χ3n) is 1.98. The number of likely N-dealkylation sites (N-methyl/N-ethyl adjacent to an activating group) is 1. The van der Waals surface area contributed by atoms with Crippen molar-refractivity contribution in [2.24, 2.45) is 5.92 Å². The zero-order chi connectivity index (χ0) is 10.1. The fourth-order valence-corrected chi connectivity index (χ4v) is 2.49. The van der Waals surface area contributed by atoms with Crippen molar-refractivity contribution in [3.8, 4) is 0 Å². The third kappa shape index (κ3) is 3.31. The first-order valence-corrected chi connectivity index (χ1v) is 5.68. The zero-order valence-corrected chi connectivity index (χ0v) is 8.25. The molecule has 1 saturated carbocycles. The lowest BCUT2D eigenvalue weighted by Crippen LogP contribution is -2.34. The summed E-state index contributed by atoms with van der Waals surface area (Å²) in [4.78, 5) is 10.3. The van der Waals surface area contributed by atoms with E-state index in [0.29, 0.717) is 0 Å². The second-order valence-corrected chi connectivity index (χ2v) is 5.49. The Kier molecular flexibility index (Phi) is 2.92. The highest BCUT2D eigenvalue weighted by Crippen LogP contribution is 2.30. The standard InChI is InChI=1S/C7H13NO4S/c1-8(4-7(9)10)13(11,12)5-6-2-3-6/h6H,2-5H2,1H3,(H,9,10). The molecule has 1 N–H and O–H groups in total. The molecule has 0 amide bonds. The van der Waals surface area contributed by atoms with Crippen LogP contribution in [0.1, 0.15) is 12.8 Å². The minimum absolute atomic E-state index is 0.0940. The summed E-state index contributed by atoms with van der Waals surface area (Å²) in [5.41, 5.74) is 0. The molecule has 1 aliphatic carbocycles. The molecular weight excluding hydrogens is 194 g/mol. The Balaban J connectivity index is 2.51. The summed E-state index contributed by atoms with van der Waals surface area (Å²) in [6.07, 6.45) is 1.89. The molecule has 6 heteroatoms. The summed E-state index contributed by atoms with van der Waals surface area (Å²) in [6, 6.07) is 0. The molecule has 0 aliphatic heterocycles. The number of rotatable bonds is 5. The van der Waals surface area contributed by atoms with Gasteiger partial charge in [0.2, 0.25) is 10.0 Å². The molecule has 0 aromatic carbocycles. The van der Waals surface area contributed by atoms with E-state index in [-0.39, 0.29) is 11.7 Å². The van der Waals surface area contributed by atoms with Gasteiger partial charge in [-0.25, -0.2) is 8.42 Å². The highest BCUT2D eigenvalue weighted by molar-refractivity contribution is 7.89. The normalized spacial score (nSPS) is 17.7. The van der Waals surface area contributed by atoms with Gasteiger partial charge in [0.05, 0.1) is 5.75 Å². The molecule has 0 bridgehead atoms. The summed E-state index contributed by atoms with van der Waals surface area (Å²) in [5, 5.41) is 8.39. The van der Waals surface area contributed by atoms with E-state index in [1.54, 1.807) is 0 Å². The topological polar surface area (TPSA) is 74.7 Å². The number of hydrogen-bond donors (Lipinski definition) is 1. The summed E-state index contributed by atoms with van der Waals surface area (Å²) in [6.45, 7) is -0.449. The lowest BCUT2D eigenvalue weighted by atomic mass is 10.5. The molecule has 76 valence electrons. The SMILES string of the molecule is CN(CC(=O)O)S(=O)(=O)CC1CC1. The van der Waals surface area contributed by atoms with Crippen LogP contribution in [0.15, 0.2) is 0 Å². The van der Waals surface area contributed by atoms with Crippen LogP contribution in [-0.2, 0) is 14.8 Å². The average molecular weight is 207 g/mol. The van der Waals surface area contributed by atoms with Crippen LogP contribution in [-0.4, -0.2) is 43.1 Å². The molecule has 0 aromatic heterocycles. The van der Waals surface area contributed by atoms with Crippen LogP contribution in [0.25, 0.3) is 0 Å². The maximum absolute atomic E-state index is 11.4. The van der Waals surface area contributed by atoms with Gasteiger partial charge in [0.1, 0.15) is 6.54 Å². The number of nitrogens with zero attached hydrogens (tertiary/aromatic N) is 1. The van der Waals surface area contributed by atoms with E-state index in [0.717, 1.165) is 17.1 Å². The number of hydrogen-bond acceptors (Lipinski definition) is 3. The largest absolute Gasteiger partial charge is 0.480 e. The van der Waals surface area contributed by atoms with Gasteiger partial charge < -0.3 is 5.11 Å². The van der Waals surface area contributed by atoms with Gasteiger partial charge in [0, 0.05) is 7.05 Å². The van der Waals surface area contributed by atoms with Crippen LogP contribution in [0.2, 0.25) is 0 Å². The Labute approximate surface area is 77.4 Å². The summed E-state index contributed by atoms with van der Waals surface area (Å²) >= 11 is 0. The minimum Gasteiger partial charge on any atom is -0.480 e. The summed E-state index contributed by atoms with van der Waals surface area (Å²) in [5.74, 6) is -0.778. The van der Waals surface area contributed by atoms with Crippen molar-refractivity contribution in [3.05, 3.63) is 0 Å². The number of carboxylic acids is 1. The van der Waals surface area contributed by atoms with Gasteiger partial charge >= 0.3 is 5.97 Å². The second-order valence-electron chi connectivity index (χ2n) is 3.37. The fraction of sp³-hybridized carbons (Fsp3) is 0.857. The first kappa shape index (κ1) is 10.5. The maximum Gasteiger partial charge on any atom is 0.318 e. The lowest BCUT2D eigenvalue weighted by Gasteiger charge is -2.13. The smallest absolute Gasteiger partial charge is 0.318 e. The average Bonchev–Trinajstić information content (AvgIpc) is 2.69. The number of aliphatic carboxylic acids is 1. The van der Waals surface area contributed by atoms with Gasteiger partial charge in [-0.15, -0.1) is 0 Å². The number of carboxylic acid groups (broad SMARTS) is 1. The van der Waals surface area contributed by atoms with Crippen molar-refractivity contribution in [2.45, 2.75) is 12.8 Å². The van der Waals surface area contributed by atoms with Crippen molar-refractivity contribution < 1.29 is 18.3 Å². The van der Waals surface area contributed by atoms with Crippen molar-refractivity contribution in [2.75, 3.05) is 19.3 Å². The first-order chi connectivity index (χ1) is 5.92. The van der Waals surface area contributed by atoms with Crippen molar-refractivity contribution >= 4 is 16.0 Å². The van der Waals surface area contributed by atoms with Crippen LogP contribution < -0.4 is 0 Å². The summed E-state index contributed by atoms with van der Waals surface area (Å²) < 4.78 is 23.7. The molecule has 0 radical (unpaired) electrons. The fourth-order valence-electron chi connectivity index (χ4n) is 0.998. The Hall–Kier alpha value is -0.620. The molecule has 0 heterocycles. The predicted molar refractivity (Wildman–Crippen MR) is 46.8 cm³/mol. The highest BCUT2D eigenvalue weighted by atomic mass is 32.2. The molecule has 1 aliphatic rings. The Morgan fingerprint density at radius 3 is 2.46 bits per heavy atom. The predicted octanol–water partition coefficient (Wildman–Crippen LogP) is -0.257. The Morgan fingerprint density at radius 1 is 1.54 bits per heavy atom. The van der Waals surface area contributed by atoms with E-state index < -0.39 is 22.5 Å². The molecular formula is C7H13NO4S. The molecule has 0 aromatic rings. The molecule has 13 heavy (non-hydrogen) atoms. The summed E-state index contributed by atoms with van der Waals surface area (Å²) in [7, 11) is -2.04.